The number of benzene rings is 2. The predicted molar refractivity (Wildman–Crippen MR) is 129 cm³/mol. The van der Waals surface area contributed by atoms with Gasteiger partial charge in [-0.2, -0.15) is 5.10 Å². The lowest BCUT2D eigenvalue weighted by atomic mass is 10.2. The van der Waals surface area contributed by atoms with Crippen molar-refractivity contribution in [1.29, 1.82) is 0 Å². The van der Waals surface area contributed by atoms with Crippen molar-refractivity contribution in [1.82, 2.24) is 5.43 Å². The second kappa shape index (κ2) is 10.4. The van der Waals surface area contributed by atoms with E-state index in [-0.39, 0.29) is 17.6 Å². The fourth-order valence-electron chi connectivity index (χ4n) is 2.80. The van der Waals surface area contributed by atoms with Crippen LogP contribution in [0.1, 0.15) is 43.3 Å². The van der Waals surface area contributed by atoms with Gasteiger partial charge < -0.3 is 13.9 Å². The number of non-ortho nitro benzene ring substituents is 1. The molecule has 0 aliphatic carbocycles. The minimum Gasteiger partial charge on any atom is -0.490 e. The third-order valence-electron chi connectivity index (χ3n) is 4.54. The third-order valence-corrected chi connectivity index (χ3v) is 5.34. The maximum Gasteiger partial charge on any atom is 0.307 e. The van der Waals surface area contributed by atoms with Gasteiger partial charge in [-0.1, -0.05) is 6.92 Å². The molecule has 0 bridgehead atoms. The molecule has 9 nitrogen and oxygen atoms in total. The van der Waals surface area contributed by atoms with E-state index in [2.05, 4.69) is 33.1 Å². The van der Waals surface area contributed by atoms with Gasteiger partial charge in [-0.3, -0.25) is 14.9 Å². The SMILES string of the molecule is CCOc1cc(/C=N/NC(=O)c2cc3cc([N+](=O)[O-])ccc3o2)cc(I)c1O[C@H](C)CC. The fraction of sp³-hybridized carbons (Fsp3) is 0.273. The maximum atomic E-state index is 12.4. The number of carbonyl (C=O) groups is 1. The largest absolute Gasteiger partial charge is 0.490 e. The molecule has 1 amide bonds. The lowest BCUT2D eigenvalue weighted by Crippen LogP contribution is -2.16. The second-order valence-electron chi connectivity index (χ2n) is 6.89. The first-order chi connectivity index (χ1) is 15.3. The molecule has 0 saturated carbocycles. The number of nitro benzene ring substituents is 1. The first-order valence-electron chi connectivity index (χ1n) is 9.96. The molecule has 1 heterocycles. The maximum absolute atomic E-state index is 12.4. The van der Waals surface area contributed by atoms with E-state index in [0.29, 0.717) is 29.1 Å². The van der Waals surface area contributed by atoms with E-state index >= 15 is 0 Å². The summed E-state index contributed by atoms with van der Waals surface area (Å²) in [7, 11) is 0. The number of amides is 1. The predicted octanol–water partition coefficient (Wildman–Crippen LogP) is 5.29. The smallest absolute Gasteiger partial charge is 0.307 e. The van der Waals surface area contributed by atoms with E-state index < -0.39 is 10.8 Å². The Kier molecular flexibility index (Phi) is 7.67. The minimum atomic E-state index is -0.573. The van der Waals surface area contributed by atoms with Crippen molar-refractivity contribution >= 4 is 51.4 Å². The minimum absolute atomic E-state index is 0.000431. The summed E-state index contributed by atoms with van der Waals surface area (Å²) in [5, 5.41) is 15.3. The number of nitrogens with one attached hydrogen (secondary N) is 1. The van der Waals surface area contributed by atoms with E-state index in [1.807, 2.05) is 26.8 Å². The van der Waals surface area contributed by atoms with Gasteiger partial charge in [0, 0.05) is 17.5 Å². The standard InChI is InChI=1S/C22H22IN3O6/c1-4-13(3)31-21-17(23)8-14(9-19(21)30-5-2)12-24-25-22(27)20-11-15-10-16(26(28)29)6-7-18(15)32-20/h6-13H,4-5H2,1-3H3,(H,25,27)/b24-12+/t13-/m1/s1. The topological polar surface area (TPSA) is 116 Å². The molecular weight excluding hydrogens is 529 g/mol. The van der Waals surface area contributed by atoms with Crippen LogP contribution in [-0.4, -0.2) is 29.8 Å². The second-order valence-corrected chi connectivity index (χ2v) is 8.05. The van der Waals surface area contributed by atoms with Crippen LogP contribution in [0, 0.1) is 13.7 Å². The average Bonchev–Trinajstić information content (AvgIpc) is 3.19. The van der Waals surface area contributed by atoms with Crippen LogP contribution < -0.4 is 14.9 Å². The first-order valence-corrected chi connectivity index (χ1v) is 11.0. The summed E-state index contributed by atoms with van der Waals surface area (Å²) in [5.41, 5.74) is 3.41. The molecule has 3 rings (SSSR count). The molecule has 2 aromatic carbocycles. The number of hydrogen-bond donors (Lipinski definition) is 1. The van der Waals surface area contributed by atoms with Gasteiger partial charge in [-0.25, -0.2) is 5.43 Å². The molecule has 1 atom stereocenters. The van der Waals surface area contributed by atoms with Gasteiger partial charge in [0.15, 0.2) is 17.3 Å². The number of furan rings is 1. The normalized spacial score (nSPS) is 12.1. The zero-order valence-corrected chi connectivity index (χ0v) is 19.9. The lowest BCUT2D eigenvalue weighted by molar-refractivity contribution is -0.384. The molecule has 0 fully saturated rings. The zero-order valence-electron chi connectivity index (χ0n) is 17.8. The number of nitro groups is 1. The van der Waals surface area contributed by atoms with Crippen LogP contribution in [0.4, 0.5) is 5.69 Å². The molecule has 0 aliphatic heterocycles. The highest BCUT2D eigenvalue weighted by Gasteiger charge is 2.16. The summed E-state index contributed by atoms with van der Waals surface area (Å²) in [6, 6.07) is 9.21. The highest BCUT2D eigenvalue weighted by atomic mass is 127. The van der Waals surface area contributed by atoms with Gasteiger partial charge in [-0.15, -0.1) is 0 Å². The van der Waals surface area contributed by atoms with Crippen molar-refractivity contribution in [3.8, 4) is 11.5 Å². The molecule has 1 aromatic heterocycles. The van der Waals surface area contributed by atoms with Crippen LogP contribution in [0.15, 0.2) is 45.9 Å². The molecule has 1 N–H and O–H groups in total. The van der Waals surface area contributed by atoms with Crippen LogP contribution in [0.3, 0.4) is 0 Å². The van der Waals surface area contributed by atoms with Gasteiger partial charge >= 0.3 is 5.91 Å². The summed E-state index contributed by atoms with van der Waals surface area (Å²) >= 11 is 2.17. The van der Waals surface area contributed by atoms with Crippen molar-refractivity contribution in [2.45, 2.75) is 33.3 Å². The third kappa shape index (κ3) is 5.55. The quantitative estimate of drug-likeness (QED) is 0.167. The molecule has 168 valence electrons. The van der Waals surface area contributed by atoms with E-state index in [4.69, 9.17) is 13.9 Å². The number of rotatable bonds is 9. The summed E-state index contributed by atoms with van der Waals surface area (Å²) in [4.78, 5) is 22.8. The van der Waals surface area contributed by atoms with Crippen LogP contribution in [-0.2, 0) is 0 Å². The van der Waals surface area contributed by atoms with Gasteiger partial charge in [0.1, 0.15) is 5.58 Å². The van der Waals surface area contributed by atoms with E-state index in [1.54, 1.807) is 6.07 Å². The molecule has 3 aromatic rings. The van der Waals surface area contributed by atoms with Crippen molar-refractivity contribution in [2.75, 3.05) is 6.61 Å². The van der Waals surface area contributed by atoms with Gasteiger partial charge in [0.25, 0.3) is 5.69 Å². The van der Waals surface area contributed by atoms with E-state index in [0.717, 1.165) is 15.6 Å². The van der Waals surface area contributed by atoms with E-state index in [1.165, 1.54) is 30.5 Å². The monoisotopic (exact) mass is 551 g/mol. The molecular formula is C22H22IN3O6. The Labute approximate surface area is 198 Å². The molecule has 0 saturated heterocycles. The summed E-state index contributed by atoms with van der Waals surface area (Å²) < 4.78 is 18.0. The average molecular weight is 551 g/mol. The van der Waals surface area contributed by atoms with E-state index in [9.17, 15) is 14.9 Å². The van der Waals surface area contributed by atoms with Crippen LogP contribution in [0.2, 0.25) is 0 Å². The van der Waals surface area contributed by atoms with Crippen LogP contribution in [0.25, 0.3) is 11.0 Å². The number of halogens is 1. The van der Waals surface area contributed by atoms with Gasteiger partial charge in [0.05, 0.1) is 27.4 Å². The van der Waals surface area contributed by atoms with Gasteiger partial charge in [0.2, 0.25) is 0 Å². The van der Waals surface area contributed by atoms with Crippen molar-refractivity contribution in [3.05, 3.63) is 61.4 Å². The van der Waals surface area contributed by atoms with Crippen LogP contribution >= 0.6 is 22.6 Å². The van der Waals surface area contributed by atoms with Crippen LogP contribution in [0.5, 0.6) is 11.5 Å². The number of ether oxygens (including phenoxy) is 2. The number of hydrogen-bond acceptors (Lipinski definition) is 7. The Balaban J connectivity index is 1.75. The molecule has 0 unspecified atom stereocenters. The Morgan fingerprint density at radius 2 is 2.09 bits per heavy atom. The zero-order chi connectivity index (χ0) is 23.3. The Morgan fingerprint density at radius 3 is 2.78 bits per heavy atom. The highest BCUT2D eigenvalue weighted by molar-refractivity contribution is 14.1. The molecule has 10 heteroatoms. The summed E-state index contributed by atoms with van der Waals surface area (Å²) in [6.07, 6.45) is 2.40. The number of fused-ring (bicyclic) bond motifs is 1. The highest BCUT2D eigenvalue weighted by Crippen LogP contribution is 2.35. The van der Waals surface area contributed by atoms with Gasteiger partial charge in [-0.05, 0) is 72.7 Å². The van der Waals surface area contributed by atoms with Crippen molar-refractivity contribution in [2.24, 2.45) is 5.10 Å². The summed E-state index contributed by atoms with van der Waals surface area (Å²) in [6.45, 7) is 6.41. The molecule has 0 aliphatic rings. The molecule has 0 spiro atoms. The first kappa shape index (κ1) is 23.5. The Hall–Kier alpha value is -3.15. The van der Waals surface area contributed by atoms with Crippen molar-refractivity contribution in [3.63, 3.8) is 0 Å². The fourth-order valence-corrected chi connectivity index (χ4v) is 3.55. The summed E-state index contributed by atoms with van der Waals surface area (Å²) in [5.74, 6) is 0.710. The Bertz CT molecular complexity index is 1170. The molecule has 0 radical (unpaired) electrons. The number of hydrazone groups is 1. The molecule has 32 heavy (non-hydrogen) atoms. The number of carbonyl (C=O) groups excluding carboxylic acids is 1. The van der Waals surface area contributed by atoms with Crippen molar-refractivity contribution < 1.29 is 23.6 Å². The number of nitrogens with zero attached hydrogens (tertiary/aromatic N) is 2. The lowest BCUT2D eigenvalue weighted by Gasteiger charge is -2.18. The Morgan fingerprint density at radius 1 is 1.31 bits per heavy atom.